The van der Waals surface area contributed by atoms with E-state index in [9.17, 15) is 4.79 Å². The Morgan fingerprint density at radius 3 is 2.56 bits per heavy atom. The normalized spacial score (nSPS) is 17.0. The van der Waals surface area contributed by atoms with Crippen LogP contribution in [0, 0.1) is 0 Å². The summed E-state index contributed by atoms with van der Waals surface area (Å²) in [6, 6.07) is 9.90. The van der Waals surface area contributed by atoms with Crippen LogP contribution in [0.3, 0.4) is 0 Å². The molecular weight excluding hydrogens is 359 g/mol. The molecule has 2 aliphatic rings. The van der Waals surface area contributed by atoms with Gasteiger partial charge < -0.3 is 9.80 Å². The Balaban J connectivity index is 1.43. The zero-order valence-corrected chi connectivity index (χ0v) is 15.2. The number of halogens is 2. The molecule has 0 atom stereocenters. The molecule has 0 aliphatic carbocycles. The maximum atomic E-state index is 12.9. The number of carbonyl (C=O) groups excluding carboxylic acids is 1. The minimum atomic E-state index is 0.0831. The summed E-state index contributed by atoms with van der Waals surface area (Å²) < 4.78 is 0. The van der Waals surface area contributed by atoms with Gasteiger partial charge in [-0.05, 0) is 24.1 Å². The number of hydrogen-bond donors (Lipinski definition) is 0. The number of urea groups is 1. The number of anilines is 2. The fourth-order valence-electron chi connectivity index (χ4n) is 3.46. The van der Waals surface area contributed by atoms with Gasteiger partial charge in [0.15, 0.2) is 0 Å². The van der Waals surface area contributed by atoms with Gasteiger partial charge in [-0.1, -0.05) is 41.4 Å². The second-order valence-electron chi connectivity index (χ2n) is 6.25. The number of hydrogen-bond acceptors (Lipinski definition) is 3. The van der Waals surface area contributed by atoms with Crippen LogP contribution in [-0.2, 0) is 6.42 Å². The van der Waals surface area contributed by atoms with Crippen molar-refractivity contribution in [3.63, 3.8) is 0 Å². The third kappa shape index (κ3) is 3.14. The molecule has 0 radical (unpaired) electrons. The van der Waals surface area contributed by atoms with E-state index in [1.54, 1.807) is 12.3 Å². The highest BCUT2D eigenvalue weighted by Gasteiger charge is 2.30. The van der Waals surface area contributed by atoms with Crippen molar-refractivity contribution in [2.45, 2.75) is 6.42 Å². The number of fused-ring (bicyclic) bond motifs is 1. The molecule has 2 aromatic rings. The average Bonchev–Trinajstić information content (AvgIpc) is 3.05. The molecule has 1 saturated heterocycles. The first-order valence-corrected chi connectivity index (χ1v) is 9.09. The summed E-state index contributed by atoms with van der Waals surface area (Å²) in [5.74, 6) is 0.727. The monoisotopic (exact) mass is 376 g/mol. The Hall–Kier alpha value is -1.98. The van der Waals surface area contributed by atoms with E-state index < -0.39 is 0 Å². The predicted octanol–water partition coefficient (Wildman–Crippen LogP) is 3.69. The lowest BCUT2D eigenvalue weighted by atomic mass is 10.2. The molecule has 130 valence electrons. The number of piperazine rings is 1. The molecule has 4 rings (SSSR count). The first kappa shape index (κ1) is 16.5. The fraction of sp³-hybridized carbons (Fsp3) is 0.333. The molecule has 7 heteroatoms. The molecule has 0 N–H and O–H groups in total. The van der Waals surface area contributed by atoms with Crippen LogP contribution < -0.4 is 9.80 Å². The van der Waals surface area contributed by atoms with Gasteiger partial charge in [-0.3, -0.25) is 4.90 Å². The number of amides is 2. The lowest BCUT2D eigenvalue weighted by Gasteiger charge is -2.37. The van der Waals surface area contributed by atoms with Crippen LogP contribution in [0.2, 0.25) is 10.0 Å². The third-order valence-electron chi connectivity index (χ3n) is 4.76. The summed E-state index contributed by atoms with van der Waals surface area (Å²) in [4.78, 5) is 23.1. The van der Waals surface area contributed by atoms with Gasteiger partial charge in [-0.15, -0.1) is 0 Å². The molecule has 0 saturated carbocycles. The Morgan fingerprint density at radius 1 is 1.04 bits per heavy atom. The summed E-state index contributed by atoms with van der Waals surface area (Å²) in [5.41, 5.74) is 2.28. The second-order valence-corrected chi connectivity index (χ2v) is 7.09. The number of rotatable bonds is 1. The Morgan fingerprint density at radius 2 is 1.80 bits per heavy atom. The molecule has 0 spiro atoms. The van der Waals surface area contributed by atoms with E-state index in [0.717, 1.165) is 24.5 Å². The number of benzene rings is 1. The minimum Gasteiger partial charge on any atom is -0.352 e. The smallest absolute Gasteiger partial charge is 0.324 e. The van der Waals surface area contributed by atoms with Gasteiger partial charge in [0.2, 0.25) is 0 Å². The number of nitrogens with zero attached hydrogens (tertiary/aromatic N) is 4. The van der Waals surface area contributed by atoms with Crippen LogP contribution in [0.4, 0.5) is 16.3 Å². The van der Waals surface area contributed by atoms with Crippen molar-refractivity contribution in [2.75, 3.05) is 42.5 Å². The molecule has 2 amide bonds. The maximum absolute atomic E-state index is 12.9. The lowest BCUT2D eigenvalue weighted by Crippen LogP contribution is -2.53. The Bertz CT molecular complexity index is 805. The molecule has 2 aliphatic heterocycles. The molecule has 0 bridgehead atoms. The predicted molar refractivity (Wildman–Crippen MR) is 101 cm³/mol. The van der Waals surface area contributed by atoms with Crippen molar-refractivity contribution in [1.82, 2.24) is 9.88 Å². The van der Waals surface area contributed by atoms with Crippen molar-refractivity contribution < 1.29 is 4.79 Å². The van der Waals surface area contributed by atoms with Crippen molar-refractivity contribution in [1.29, 1.82) is 0 Å². The summed E-state index contributed by atoms with van der Waals surface area (Å²) in [5, 5.41) is 1.07. The summed E-state index contributed by atoms with van der Waals surface area (Å²) in [6.07, 6.45) is 2.52. The molecule has 1 aromatic carbocycles. The summed E-state index contributed by atoms with van der Waals surface area (Å²) in [7, 11) is 0. The van der Waals surface area contributed by atoms with E-state index in [-0.39, 0.29) is 6.03 Å². The van der Waals surface area contributed by atoms with Crippen molar-refractivity contribution in [2.24, 2.45) is 0 Å². The van der Waals surface area contributed by atoms with Crippen LogP contribution in [0.1, 0.15) is 5.56 Å². The van der Waals surface area contributed by atoms with Gasteiger partial charge in [0, 0.05) is 44.6 Å². The van der Waals surface area contributed by atoms with E-state index in [2.05, 4.69) is 16.0 Å². The van der Waals surface area contributed by atoms with Gasteiger partial charge in [-0.25, -0.2) is 9.78 Å². The van der Waals surface area contributed by atoms with Crippen molar-refractivity contribution >= 4 is 40.7 Å². The first-order valence-electron chi connectivity index (χ1n) is 8.34. The highest BCUT2D eigenvalue weighted by molar-refractivity contribution is 6.36. The molecule has 1 fully saturated rings. The highest BCUT2D eigenvalue weighted by Crippen LogP contribution is 2.30. The zero-order chi connectivity index (χ0) is 17.4. The van der Waals surface area contributed by atoms with E-state index in [1.807, 2.05) is 28.0 Å². The molecule has 5 nitrogen and oxygen atoms in total. The largest absolute Gasteiger partial charge is 0.352 e. The number of para-hydroxylation sites is 1. The number of carbonyl (C=O) groups is 1. The molecule has 3 heterocycles. The topological polar surface area (TPSA) is 39.7 Å². The molecule has 0 unspecified atom stereocenters. The van der Waals surface area contributed by atoms with E-state index in [0.29, 0.717) is 36.2 Å². The maximum Gasteiger partial charge on any atom is 0.324 e. The van der Waals surface area contributed by atoms with Crippen LogP contribution in [0.5, 0.6) is 0 Å². The molecule has 1 aromatic heterocycles. The minimum absolute atomic E-state index is 0.0831. The van der Waals surface area contributed by atoms with Gasteiger partial charge >= 0.3 is 6.03 Å². The zero-order valence-electron chi connectivity index (χ0n) is 13.7. The third-order valence-corrected chi connectivity index (χ3v) is 5.24. The van der Waals surface area contributed by atoms with Crippen LogP contribution in [0.25, 0.3) is 0 Å². The van der Waals surface area contributed by atoms with E-state index in [4.69, 9.17) is 23.2 Å². The fourth-order valence-corrected chi connectivity index (χ4v) is 3.96. The van der Waals surface area contributed by atoms with E-state index >= 15 is 0 Å². The van der Waals surface area contributed by atoms with Crippen molar-refractivity contribution in [3.05, 3.63) is 52.1 Å². The SMILES string of the molecule is O=C(N1CCN(c2ncc(Cl)cc2Cl)CC1)N1CCc2ccccc21. The highest BCUT2D eigenvalue weighted by atomic mass is 35.5. The molecule has 25 heavy (non-hydrogen) atoms. The standard InChI is InChI=1S/C18H18Cl2N4O/c19-14-11-15(20)17(21-12-14)22-7-9-23(10-8-22)18(25)24-6-5-13-3-1-2-4-16(13)24/h1-4,11-12H,5-10H2. The van der Waals surface area contributed by atoms with Gasteiger partial charge in [-0.2, -0.15) is 0 Å². The van der Waals surface area contributed by atoms with E-state index in [1.165, 1.54) is 5.56 Å². The Kier molecular flexibility index (Phi) is 4.44. The Labute approximate surface area is 156 Å². The average molecular weight is 377 g/mol. The number of pyridine rings is 1. The van der Waals surface area contributed by atoms with Crippen LogP contribution in [0.15, 0.2) is 36.5 Å². The lowest BCUT2D eigenvalue weighted by molar-refractivity contribution is 0.201. The van der Waals surface area contributed by atoms with Crippen LogP contribution in [-0.4, -0.2) is 48.6 Å². The number of aromatic nitrogens is 1. The first-order chi connectivity index (χ1) is 12.1. The van der Waals surface area contributed by atoms with Crippen molar-refractivity contribution in [3.8, 4) is 0 Å². The van der Waals surface area contributed by atoms with Crippen LogP contribution >= 0.6 is 23.2 Å². The quantitative estimate of drug-likeness (QED) is 0.761. The second kappa shape index (κ2) is 6.73. The van der Waals surface area contributed by atoms with Gasteiger partial charge in [0.25, 0.3) is 0 Å². The summed E-state index contributed by atoms with van der Waals surface area (Å²) >= 11 is 12.2. The van der Waals surface area contributed by atoms with Gasteiger partial charge in [0.1, 0.15) is 5.82 Å². The molecular formula is C18H18Cl2N4O. The summed E-state index contributed by atoms with van der Waals surface area (Å²) in [6.45, 7) is 3.46. The van der Waals surface area contributed by atoms with Gasteiger partial charge in [0.05, 0.1) is 10.0 Å².